The van der Waals surface area contributed by atoms with Gasteiger partial charge in [-0.2, -0.15) is 0 Å². The van der Waals surface area contributed by atoms with Crippen molar-refractivity contribution in [1.29, 1.82) is 0 Å². The number of anilines is 1. The van der Waals surface area contributed by atoms with E-state index in [2.05, 4.69) is 31.4 Å². The molecule has 226 valence electrons. The molecule has 3 N–H and O–H groups in total. The number of carbonyl (C=O) groups excluding carboxylic acids is 3. The Labute approximate surface area is 249 Å². The van der Waals surface area contributed by atoms with Crippen LogP contribution in [-0.2, 0) is 25.5 Å². The van der Waals surface area contributed by atoms with Gasteiger partial charge in [-0.3, -0.25) is 14.4 Å². The van der Waals surface area contributed by atoms with Crippen molar-refractivity contribution in [3.63, 3.8) is 0 Å². The molecule has 3 amide bonds. The van der Waals surface area contributed by atoms with E-state index in [1.165, 1.54) is 0 Å². The maximum absolute atomic E-state index is 14.6. The van der Waals surface area contributed by atoms with Gasteiger partial charge in [-0.1, -0.05) is 69.3 Å². The van der Waals surface area contributed by atoms with Crippen molar-refractivity contribution < 1.29 is 24.2 Å². The summed E-state index contributed by atoms with van der Waals surface area (Å²) < 4.78 is 6.77. The van der Waals surface area contributed by atoms with Gasteiger partial charge >= 0.3 is 0 Å². The molecule has 2 aromatic carbocycles. The molecule has 8 heteroatoms. The zero-order valence-electron chi connectivity index (χ0n) is 25.6. The summed E-state index contributed by atoms with van der Waals surface area (Å²) in [5.74, 6) is -2.53. The maximum Gasteiger partial charge on any atom is 0.246 e. The minimum absolute atomic E-state index is 0.0415. The van der Waals surface area contributed by atoms with Gasteiger partial charge in [0, 0.05) is 11.2 Å². The Bertz CT molecular complexity index is 1320. The maximum atomic E-state index is 14.6. The predicted molar refractivity (Wildman–Crippen MR) is 161 cm³/mol. The third-order valence-corrected chi connectivity index (χ3v) is 9.14. The van der Waals surface area contributed by atoms with Crippen molar-refractivity contribution in [3.05, 3.63) is 66.2 Å². The Morgan fingerprint density at radius 2 is 1.62 bits per heavy atom. The van der Waals surface area contributed by atoms with Gasteiger partial charge in [-0.05, 0) is 69.6 Å². The fraction of sp³-hybridized carbons (Fsp3) is 0.559. The predicted octanol–water partition coefficient (Wildman–Crippen LogP) is 4.32. The van der Waals surface area contributed by atoms with E-state index in [1.807, 2.05) is 81.4 Å². The molecule has 3 heterocycles. The number of nitrogens with one attached hydrogen (secondary N) is 2. The average Bonchev–Trinajstić information content (AvgIpc) is 3.47. The van der Waals surface area contributed by atoms with E-state index in [-0.39, 0.29) is 29.7 Å². The average molecular weight is 576 g/mol. The summed E-state index contributed by atoms with van der Waals surface area (Å²) in [5.41, 5.74) is -1.07. The molecule has 0 aliphatic carbocycles. The number of likely N-dealkylation sites (tertiary alicyclic amines) is 1. The van der Waals surface area contributed by atoms with E-state index in [4.69, 9.17) is 4.74 Å². The summed E-state index contributed by atoms with van der Waals surface area (Å²) in [6, 6.07) is 17.2. The number of hydrogen-bond donors (Lipinski definition) is 3. The first-order valence-electron chi connectivity index (χ1n) is 15.0. The summed E-state index contributed by atoms with van der Waals surface area (Å²) in [5, 5.41) is 16.9. The zero-order chi connectivity index (χ0) is 30.5. The number of rotatable bonds is 9. The van der Waals surface area contributed by atoms with Crippen LogP contribution < -0.4 is 10.6 Å². The molecule has 6 atom stereocenters. The van der Waals surface area contributed by atoms with Crippen LogP contribution in [0.1, 0.15) is 66.4 Å². The van der Waals surface area contributed by atoms with Crippen molar-refractivity contribution in [2.24, 2.45) is 17.3 Å². The number of aliphatic hydroxyl groups is 1. The van der Waals surface area contributed by atoms with Crippen molar-refractivity contribution in [1.82, 2.24) is 10.2 Å². The third kappa shape index (κ3) is 5.47. The normalized spacial score (nSPS) is 29.4. The quantitative estimate of drug-likeness (QED) is 0.413. The van der Waals surface area contributed by atoms with Gasteiger partial charge in [-0.15, -0.1) is 0 Å². The molecule has 0 saturated carbocycles. The molecule has 0 radical (unpaired) electrons. The smallest absolute Gasteiger partial charge is 0.246 e. The molecule has 8 nitrogen and oxygen atoms in total. The number of benzene rings is 2. The molecule has 3 fully saturated rings. The topological polar surface area (TPSA) is 108 Å². The van der Waals surface area contributed by atoms with Crippen molar-refractivity contribution in [3.8, 4) is 0 Å². The van der Waals surface area contributed by atoms with Crippen molar-refractivity contribution in [2.45, 2.75) is 96.1 Å². The van der Waals surface area contributed by atoms with E-state index in [0.717, 1.165) is 12.0 Å². The van der Waals surface area contributed by atoms with Gasteiger partial charge < -0.3 is 25.4 Å². The van der Waals surface area contributed by atoms with Crippen LogP contribution in [0.2, 0.25) is 0 Å². The minimum Gasteiger partial charge on any atom is -0.394 e. The van der Waals surface area contributed by atoms with Crippen LogP contribution >= 0.6 is 0 Å². The van der Waals surface area contributed by atoms with Crippen LogP contribution in [0, 0.1) is 17.3 Å². The summed E-state index contributed by atoms with van der Waals surface area (Å²) >= 11 is 0. The lowest BCUT2D eigenvalue weighted by atomic mass is 9.66. The summed E-state index contributed by atoms with van der Waals surface area (Å²) in [7, 11) is 0. The highest BCUT2D eigenvalue weighted by Crippen LogP contribution is 2.63. The van der Waals surface area contributed by atoms with Crippen LogP contribution in [-0.4, -0.2) is 63.2 Å². The van der Waals surface area contributed by atoms with Crippen LogP contribution in [0.25, 0.3) is 0 Å². The number of para-hydroxylation sites is 1. The van der Waals surface area contributed by atoms with Crippen LogP contribution in [0.3, 0.4) is 0 Å². The molecule has 0 aromatic heterocycles. The zero-order valence-corrected chi connectivity index (χ0v) is 25.6. The second-order valence-corrected chi connectivity index (χ2v) is 14.5. The van der Waals surface area contributed by atoms with Gasteiger partial charge in [-0.25, -0.2) is 0 Å². The Kier molecular flexibility index (Phi) is 7.77. The van der Waals surface area contributed by atoms with Crippen molar-refractivity contribution >= 4 is 23.4 Å². The third-order valence-electron chi connectivity index (χ3n) is 9.14. The molecule has 3 aliphatic heterocycles. The molecular formula is C34H45N3O5. The summed E-state index contributed by atoms with van der Waals surface area (Å²) in [4.78, 5) is 44.4. The van der Waals surface area contributed by atoms with Crippen molar-refractivity contribution in [2.75, 3.05) is 11.9 Å². The number of carbonyl (C=O) groups is 3. The van der Waals surface area contributed by atoms with Gasteiger partial charge in [0.25, 0.3) is 0 Å². The van der Waals surface area contributed by atoms with Gasteiger partial charge in [0.05, 0.1) is 30.1 Å². The SMILES string of the molecule is CC(C)(C)CC(C)(C)NC(=O)C1N([C@@H](CO)Cc2ccccc2)C(=O)[C@@H]2[C@H](C(=O)Nc3ccccc3)[C@]3(C)CCC12O3. The van der Waals surface area contributed by atoms with E-state index < -0.39 is 40.7 Å². The van der Waals surface area contributed by atoms with Gasteiger partial charge in [0.2, 0.25) is 17.7 Å². The van der Waals surface area contributed by atoms with E-state index in [1.54, 1.807) is 4.90 Å². The Morgan fingerprint density at radius 3 is 2.21 bits per heavy atom. The van der Waals surface area contributed by atoms with Gasteiger partial charge in [0.1, 0.15) is 11.6 Å². The molecule has 42 heavy (non-hydrogen) atoms. The Hall–Kier alpha value is -3.23. The first-order chi connectivity index (χ1) is 19.7. The highest BCUT2D eigenvalue weighted by atomic mass is 16.5. The second kappa shape index (κ2) is 10.8. The van der Waals surface area contributed by atoms with E-state index in [9.17, 15) is 19.5 Å². The molecule has 1 spiro atoms. The minimum atomic E-state index is -1.17. The molecule has 2 bridgehead atoms. The number of aliphatic hydroxyl groups excluding tert-OH is 1. The molecule has 3 aliphatic rings. The standard InChI is InChI=1S/C34H45N3O5/c1-31(2,3)21-32(4,5)36-29(40)27-34-18-17-33(6,42-34)25(28(39)35-23-15-11-8-12-16-23)26(34)30(41)37(27)24(20-38)19-22-13-9-7-10-14-22/h7-16,24-27,38H,17-21H2,1-6H3,(H,35,39)(H,36,40)/t24-,25-,26+,27?,33+,34?/m1/s1. The number of nitrogens with zero attached hydrogens (tertiary/aromatic N) is 1. The second-order valence-electron chi connectivity index (χ2n) is 14.5. The number of ether oxygens (including phenoxy) is 1. The Morgan fingerprint density at radius 1 is 1.00 bits per heavy atom. The Balaban J connectivity index is 1.54. The van der Waals surface area contributed by atoms with Crippen LogP contribution in [0.4, 0.5) is 5.69 Å². The molecular weight excluding hydrogens is 530 g/mol. The van der Waals surface area contributed by atoms with E-state index >= 15 is 0 Å². The fourth-order valence-electron chi connectivity index (χ4n) is 8.11. The molecule has 2 aromatic rings. The summed E-state index contributed by atoms with van der Waals surface area (Å²) in [6.07, 6.45) is 2.12. The fourth-order valence-corrected chi connectivity index (χ4v) is 8.11. The highest BCUT2D eigenvalue weighted by Gasteiger charge is 2.78. The summed E-state index contributed by atoms with van der Waals surface area (Å²) in [6.45, 7) is 11.9. The number of fused-ring (bicyclic) bond motifs is 1. The van der Waals surface area contributed by atoms with E-state index in [0.29, 0.717) is 24.9 Å². The number of hydrogen-bond acceptors (Lipinski definition) is 5. The lowest BCUT2D eigenvalue weighted by Crippen LogP contribution is -2.61. The van der Waals surface area contributed by atoms with Crippen LogP contribution in [0.5, 0.6) is 0 Å². The van der Waals surface area contributed by atoms with Gasteiger partial charge in [0.15, 0.2) is 0 Å². The lowest BCUT2D eigenvalue weighted by molar-refractivity contribution is -0.149. The number of amides is 3. The molecule has 3 saturated heterocycles. The lowest BCUT2D eigenvalue weighted by Gasteiger charge is -2.40. The van der Waals surface area contributed by atoms with Crippen LogP contribution in [0.15, 0.2) is 60.7 Å². The highest BCUT2D eigenvalue weighted by molar-refractivity contribution is 6.02. The largest absolute Gasteiger partial charge is 0.394 e. The monoisotopic (exact) mass is 575 g/mol. The molecule has 5 rings (SSSR count). The molecule has 2 unspecified atom stereocenters. The first kappa shape index (κ1) is 30.2. The first-order valence-corrected chi connectivity index (χ1v) is 15.0.